The van der Waals surface area contributed by atoms with Crippen molar-refractivity contribution in [3.8, 4) is 39.1 Å². The topological polar surface area (TPSA) is 21.3 Å². The molecule has 0 aliphatic heterocycles. The van der Waals surface area contributed by atoms with E-state index in [0.717, 1.165) is 62.2 Å². The molecule has 0 bridgehead atoms. The molecule has 2 aromatic heterocycles. The summed E-state index contributed by atoms with van der Waals surface area (Å²) < 4.78 is 8.83. The molecule has 0 N–H and O–H groups in total. The predicted molar refractivity (Wildman–Crippen MR) is 265 cm³/mol. The third-order valence-electron chi connectivity index (χ3n) is 12.7. The van der Waals surface area contributed by atoms with Crippen molar-refractivity contribution < 1.29 is 4.42 Å². The van der Waals surface area contributed by atoms with E-state index in [9.17, 15) is 0 Å². The highest BCUT2D eigenvalue weighted by molar-refractivity contribution is 6.10. The van der Waals surface area contributed by atoms with Gasteiger partial charge >= 0.3 is 0 Å². The van der Waals surface area contributed by atoms with Gasteiger partial charge in [-0.05, 0) is 113 Å². The van der Waals surface area contributed by atoms with Crippen molar-refractivity contribution in [2.45, 2.75) is 12.3 Å². The minimum absolute atomic E-state index is 0.347. The number of furan rings is 1. The van der Waals surface area contributed by atoms with Crippen molar-refractivity contribution in [3.05, 3.63) is 242 Å². The van der Waals surface area contributed by atoms with Crippen molar-refractivity contribution in [2.75, 3.05) is 4.90 Å². The Balaban J connectivity index is 0.955. The number of anilines is 3. The Kier molecular flexibility index (Phi) is 8.97. The van der Waals surface area contributed by atoms with Gasteiger partial charge in [-0.3, -0.25) is 0 Å². The summed E-state index contributed by atoms with van der Waals surface area (Å²) in [5.74, 6) is 0.347. The van der Waals surface area contributed by atoms with Crippen LogP contribution in [0.1, 0.15) is 17.9 Å². The van der Waals surface area contributed by atoms with E-state index in [1.807, 2.05) is 12.1 Å². The Morgan fingerprint density at radius 2 is 0.984 bits per heavy atom. The predicted octanol–water partition coefficient (Wildman–Crippen LogP) is 16.8. The van der Waals surface area contributed by atoms with Gasteiger partial charge in [-0.25, -0.2) is 0 Å². The Morgan fingerprint density at radius 3 is 1.63 bits per heavy atom. The number of rotatable bonds is 8. The van der Waals surface area contributed by atoms with E-state index < -0.39 is 0 Å². The Labute approximate surface area is 366 Å². The van der Waals surface area contributed by atoms with Crippen LogP contribution in [0.3, 0.4) is 0 Å². The molecule has 11 aromatic rings. The zero-order valence-electron chi connectivity index (χ0n) is 34.6. The van der Waals surface area contributed by atoms with Crippen LogP contribution in [0.25, 0.3) is 82.8 Å². The quantitative estimate of drug-likeness (QED) is 0.153. The van der Waals surface area contributed by atoms with E-state index in [1.165, 1.54) is 49.6 Å². The molecule has 9 aromatic carbocycles. The fraction of sp³-hybridized carbons (Fsp3) is 0.0333. The Morgan fingerprint density at radius 1 is 0.429 bits per heavy atom. The first-order chi connectivity index (χ1) is 31.2. The molecule has 3 heteroatoms. The summed E-state index contributed by atoms with van der Waals surface area (Å²) in [6.07, 6.45) is 9.92. The van der Waals surface area contributed by atoms with Crippen molar-refractivity contribution in [1.29, 1.82) is 0 Å². The fourth-order valence-corrected chi connectivity index (χ4v) is 9.62. The molecule has 1 unspecified atom stereocenters. The van der Waals surface area contributed by atoms with Gasteiger partial charge in [0.05, 0.1) is 11.0 Å². The van der Waals surface area contributed by atoms with E-state index in [2.05, 4.69) is 234 Å². The van der Waals surface area contributed by atoms with Gasteiger partial charge in [0.1, 0.15) is 11.2 Å². The van der Waals surface area contributed by atoms with Gasteiger partial charge in [-0.15, -0.1) is 0 Å². The summed E-state index contributed by atoms with van der Waals surface area (Å²) in [6, 6.07) is 76.8. The maximum absolute atomic E-state index is 6.45. The largest absolute Gasteiger partial charge is 0.455 e. The summed E-state index contributed by atoms with van der Waals surface area (Å²) >= 11 is 0. The lowest BCUT2D eigenvalue weighted by atomic mass is 9.87. The van der Waals surface area contributed by atoms with E-state index in [1.54, 1.807) is 0 Å². The van der Waals surface area contributed by atoms with Crippen LogP contribution in [0.4, 0.5) is 17.1 Å². The van der Waals surface area contributed by atoms with E-state index in [0.29, 0.717) is 5.92 Å². The van der Waals surface area contributed by atoms with Crippen LogP contribution in [-0.2, 0) is 0 Å². The number of allylic oxidation sites excluding steroid dienone is 4. The highest BCUT2D eigenvalue weighted by Crippen LogP contribution is 2.41. The van der Waals surface area contributed by atoms with Gasteiger partial charge in [0, 0.05) is 55.8 Å². The standard InChI is InChI=1S/C60H42N2O/c1-3-14-41(15-4-1)45-38-46(42-16-5-2-6-17-42)40-47(39-45)43-26-30-48(31-27-43)61(49-32-28-44(29-33-49)52-21-13-22-56-55-20-9-12-25-59(55)63-60(52)56)50-34-36-51(37-35-50)62-57-23-10-7-18-53(57)54-19-8-11-24-58(54)62/h1-16,18-40,42H,17H2. The van der Waals surface area contributed by atoms with Crippen LogP contribution in [0.5, 0.6) is 0 Å². The smallest absolute Gasteiger partial charge is 0.143 e. The molecule has 3 nitrogen and oxygen atoms in total. The molecule has 0 saturated heterocycles. The number of nitrogens with zero attached hydrogens (tertiary/aromatic N) is 2. The van der Waals surface area contributed by atoms with Crippen molar-refractivity contribution in [1.82, 2.24) is 4.57 Å². The zero-order valence-corrected chi connectivity index (χ0v) is 34.6. The highest BCUT2D eigenvalue weighted by atomic mass is 16.3. The lowest BCUT2D eigenvalue weighted by Gasteiger charge is -2.26. The molecule has 0 fully saturated rings. The third-order valence-corrected chi connectivity index (χ3v) is 12.7. The summed E-state index contributed by atoms with van der Waals surface area (Å²) in [5.41, 5.74) is 16.9. The zero-order chi connectivity index (χ0) is 41.7. The molecule has 0 saturated carbocycles. The lowest BCUT2D eigenvalue weighted by molar-refractivity contribution is 0.670. The number of aromatic nitrogens is 1. The maximum Gasteiger partial charge on any atom is 0.143 e. The average Bonchev–Trinajstić information content (AvgIpc) is 3.91. The number of hydrogen-bond acceptors (Lipinski definition) is 2. The summed E-state index contributed by atoms with van der Waals surface area (Å²) in [6.45, 7) is 0. The summed E-state index contributed by atoms with van der Waals surface area (Å²) in [5, 5.41) is 4.78. The molecule has 2 heterocycles. The second kappa shape index (κ2) is 15.4. The number of fused-ring (bicyclic) bond motifs is 6. The third kappa shape index (κ3) is 6.54. The molecular formula is C60H42N2O. The summed E-state index contributed by atoms with van der Waals surface area (Å²) in [4.78, 5) is 2.36. The average molecular weight is 807 g/mol. The van der Waals surface area contributed by atoms with Gasteiger partial charge in [0.25, 0.3) is 0 Å². The molecule has 1 atom stereocenters. The highest BCUT2D eigenvalue weighted by Gasteiger charge is 2.18. The maximum atomic E-state index is 6.45. The second-order valence-corrected chi connectivity index (χ2v) is 16.5. The Hall–Kier alpha value is -8.14. The fourth-order valence-electron chi connectivity index (χ4n) is 9.62. The monoisotopic (exact) mass is 806 g/mol. The van der Waals surface area contributed by atoms with Crippen LogP contribution in [0.2, 0.25) is 0 Å². The molecule has 63 heavy (non-hydrogen) atoms. The summed E-state index contributed by atoms with van der Waals surface area (Å²) in [7, 11) is 0. The normalized spacial score (nSPS) is 13.7. The molecule has 0 spiro atoms. The van der Waals surface area contributed by atoms with Gasteiger partial charge in [0.15, 0.2) is 0 Å². The first kappa shape index (κ1) is 36.7. The second-order valence-electron chi connectivity index (χ2n) is 16.5. The number of benzene rings is 9. The van der Waals surface area contributed by atoms with Crippen molar-refractivity contribution in [2.24, 2.45) is 0 Å². The molecule has 298 valence electrons. The van der Waals surface area contributed by atoms with Crippen LogP contribution in [-0.4, -0.2) is 4.57 Å². The molecule has 0 radical (unpaired) electrons. The van der Waals surface area contributed by atoms with Crippen LogP contribution >= 0.6 is 0 Å². The number of hydrogen-bond donors (Lipinski definition) is 0. The van der Waals surface area contributed by atoms with Gasteiger partial charge in [0.2, 0.25) is 0 Å². The molecular weight excluding hydrogens is 765 g/mol. The van der Waals surface area contributed by atoms with Crippen LogP contribution in [0.15, 0.2) is 241 Å². The molecule has 12 rings (SSSR count). The molecule has 1 aliphatic carbocycles. The van der Waals surface area contributed by atoms with Crippen LogP contribution in [0, 0.1) is 0 Å². The Bertz CT molecular complexity index is 3460. The molecule has 1 aliphatic rings. The van der Waals surface area contributed by atoms with E-state index in [4.69, 9.17) is 4.42 Å². The van der Waals surface area contributed by atoms with Crippen molar-refractivity contribution in [3.63, 3.8) is 0 Å². The van der Waals surface area contributed by atoms with Gasteiger partial charge in [-0.2, -0.15) is 0 Å². The minimum Gasteiger partial charge on any atom is -0.455 e. The first-order valence-electron chi connectivity index (χ1n) is 21.8. The number of para-hydroxylation sites is 4. The van der Waals surface area contributed by atoms with Gasteiger partial charge in [-0.1, -0.05) is 164 Å². The first-order valence-corrected chi connectivity index (χ1v) is 21.8. The van der Waals surface area contributed by atoms with Gasteiger partial charge < -0.3 is 13.9 Å². The van der Waals surface area contributed by atoms with E-state index >= 15 is 0 Å². The SMILES string of the molecule is C1=CCC(c2cc(-c3ccccc3)cc(-c3ccc(N(c4ccc(-c5cccc6c5oc5ccccc56)cc4)c4ccc(-n5c6ccccc6c6ccccc65)cc4)cc3)c2)C=C1. The lowest BCUT2D eigenvalue weighted by Crippen LogP contribution is -2.10. The molecule has 0 amide bonds. The van der Waals surface area contributed by atoms with Crippen molar-refractivity contribution >= 4 is 60.8 Å². The van der Waals surface area contributed by atoms with E-state index in [-0.39, 0.29) is 0 Å². The van der Waals surface area contributed by atoms with Crippen LogP contribution < -0.4 is 4.90 Å². The minimum atomic E-state index is 0.347.